The number of anilines is 1. The van der Waals surface area contributed by atoms with Crippen molar-refractivity contribution in [3.05, 3.63) is 65.7 Å². The molecule has 7 heteroatoms. The van der Waals surface area contributed by atoms with Crippen LogP contribution in [-0.2, 0) is 11.3 Å². The number of hydrazone groups is 1. The van der Waals surface area contributed by atoms with Gasteiger partial charge in [-0.15, -0.1) is 0 Å². The van der Waals surface area contributed by atoms with Gasteiger partial charge >= 0.3 is 0 Å². The van der Waals surface area contributed by atoms with Crippen molar-refractivity contribution in [1.82, 2.24) is 10.3 Å². The van der Waals surface area contributed by atoms with Crippen LogP contribution in [0.15, 0.2) is 59.7 Å². The van der Waals surface area contributed by atoms with Gasteiger partial charge in [-0.3, -0.25) is 15.1 Å². The summed E-state index contributed by atoms with van der Waals surface area (Å²) >= 11 is 4.69. The predicted octanol–water partition coefficient (Wildman–Crippen LogP) is 1.70. The van der Waals surface area contributed by atoms with Crippen molar-refractivity contribution in [3.63, 3.8) is 0 Å². The van der Waals surface area contributed by atoms with Crippen LogP contribution >= 0.6 is 12.2 Å². The van der Waals surface area contributed by atoms with Gasteiger partial charge in [0.15, 0.2) is 5.11 Å². The van der Waals surface area contributed by atoms with Crippen LogP contribution in [0.1, 0.15) is 11.1 Å². The zero-order valence-electron chi connectivity index (χ0n) is 14.3. The summed E-state index contributed by atoms with van der Waals surface area (Å²) in [6.07, 6.45) is 1.63. The summed E-state index contributed by atoms with van der Waals surface area (Å²) in [5.41, 5.74) is 10.8. The molecule has 2 aromatic carbocycles. The molecule has 1 saturated heterocycles. The van der Waals surface area contributed by atoms with Gasteiger partial charge < -0.3 is 10.6 Å². The van der Waals surface area contributed by atoms with E-state index in [-0.39, 0.29) is 11.0 Å². The zero-order chi connectivity index (χ0) is 18.4. The fourth-order valence-electron chi connectivity index (χ4n) is 2.88. The highest BCUT2D eigenvalue weighted by molar-refractivity contribution is 7.80. The zero-order valence-corrected chi connectivity index (χ0v) is 15.2. The Morgan fingerprint density at radius 1 is 1.15 bits per heavy atom. The molecule has 2 aromatic rings. The van der Waals surface area contributed by atoms with Gasteiger partial charge in [-0.05, 0) is 35.5 Å². The van der Waals surface area contributed by atoms with Crippen LogP contribution in [0.5, 0.6) is 0 Å². The van der Waals surface area contributed by atoms with Crippen LogP contribution in [0, 0.1) is 0 Å². The van der Waals surface area contributed by atoms with E-state index in [1.54, 1.807) is 6.21 Å². The fraction of sp³-hybridized carbons (Fsp3) is 0.211. The van der Waals surface area contributed by atoms with Gasteiger partial charge in [0, 0.05) is 25.3 Å². The summed E-state index contributed by atoms with van der Waals surface area (Å²) in [4.78, 5) is 16.6. The lowest BCUT2D eigenvalue weighted by Gasteiger charge is -2.34. The van der Waals surface area contributed by atoms with Gasteiger partial charge in [-0.25, -0.2) is 0 Å². The van der Waals surface area contributed by atoms with E-state index in [1.807, 2.05) is 47.4 Å². The van der Waals surface area contributed by atoms with Gasteiger partial charge in [0.25, 0.3) is 0 Å². The first-order valence-electron chi connectivity index (χ1n) is 8.37. The highest BCUT2D eigenvalue weighted by Crippen LogP contribution is 2.18. The Labute approximate surface area is 158 Å². The molecule has 0 aliphatic carbocycles. The van der Waals surface area contributed by atoms with Gasteiger partial charge in [0.2, 0.25) is 5.91 Å². The molecule has 0 spiro atoms. The molecular formula is C19H21N5OS. The predicted molar refractivity (Wildman–Crippen MR) is 108 cm³/mol. The maximum absolute atomic E-state index is 12.5. The average molecular weight is 367 g/mol. The highest BCUT2D eigenvalue weighted by Gasteiger charge is 2.24. The van der Waals surface area contributed by atoms with E-state index < -0.39 is 0 Å². The molecule has 0 bridgehead atoms. The number of nitrogens with zero attached hydrogens (tertiary/aromatic N) is 3. The number of thiocarbonyl (C=S) groups is 1. The first-order valence-corrected chi connectivity index (χ1v) is 8.78. The van der Waals surface area contributed by atoms with Crippen molar-refractivity contribution in [3.8, 4) is 0 Å². The lowest BCUT2D eigenvalue weighted by molar-refractivity contribution is -0.121. The maximum Gasteiger partial charge on any atom is 0.241 e. The Hall–Kier alpha value is -2.77. The third kappa shape index (κ3) is 4.87. The molecular weight excluding hydrogens is 346 g/mol. The molecule has 3 rings (SSSR count). The quantitative estimate of drug-likeness (QED) is 0.478. The van der Waals surface area contributed by atoms with Crippen LogP contribution in [-0.4, -0.2) is 41.8 Å². The average Bonchev–Trinajstić information content (AvgIpc) is 2.63. The van der Waals surface area contributed by atoms with E-state index in [0.717, 1.165) is 24.3 Å². The van der Waals surface area contributed by atoms with Crippen molar-refractivity contribution < 1.29 is 4.79 Å². The lowest BCUT2D eigenvalue weighted by atomic mass is 10.1. The van der Waals surface area contributed by atoms with E-state index in [1.165, 1.54) is 5.56 Å². The van der Waals surface area contributed by atoms with E-state index in [4.69, 9.17) is 5.73 Å². The molecule has 0 aromatic heterocycles. The number of nitrogens with two attached hydrogens (primary N) is 1. The van der Waals surface area contributed by atoms with Crippen molar-refractivity contribution >= 4 is 35.1 Å². The smallest absolute Gasteiger partial charge is 0.241 e. The minimum atomic E-state index is 0.115. The number of hydrogen-bond donors (Lipinski definition) is 2. The van der Waals surface area contributed by atoms with Crippen molar-refractivity contribution in [2.75, 3.05) is 24.5 Å². The molecule has 0 radical (unpaired) electrons. The number of piperazine rings is 1. The number of nitrogens with one attached hydrogen (secondary N) is 1. The fourth-order valence-corrected chi connectivity index (χ4v) is 2.93. The molecule has 0 saturated carbocycles. The molecule has 0 unspecified atom stereocenters. The summed E-state index contributed by atoms with van der Waals surface area (Å²) in [5, 5.41) is 4.04. The molecule has 0 atom stereocenters. The summed E-state index contributed by atoms with van der Waals surface area (Å²) in [5.74, 6) is 0.115. The number of benzene rings is 2. The SMILES string of the molecule is NC(=S)NN=Cc1ccc(N2CCN(Cc3ccccc3)CC2=O)cc1. The maximum atomic E-state index is 12.5. The first kappa shape index (κ1) is 18.0. The van der Waals surface area contributed by atoms with Gasteiger partial charge in [-0.2, -0.15) is 5.10 Å². The van der Waals surface area contributed by atoms with Crippen LogP contribution in [0.2, 0.25) is 0 Å². The summed E-state index contributed by atoms with van der Waals surface area (Å²) in [6, 6.07) is 17.9. The van der Waals surface area contributed by atoms with Crippen molar-refractivity contribution in [2.24, 2.45) is 10.8 Å². The summed E-state index contributed by atoms with van der Waals surface area (Å²) < 4.78 is 0. The number of rotatable bonds is 5. The third-order valence-corrected chi connectivity index (χ3v) is 4.23. The first-order chi connectivity index (χ1) is 12.6. The number of carbonyl (C=O) groups excluding carboxylic acids is 1. The van der Waals surface area contributed by atoms with E-state index in [9.17, 15) is 4.79 Å². The topological polar surface area (TPSA) is 74.0 Å². The number of carbonyl (C=O) groups is 1. The van der Waals surface area contributed by atoms with Gasteiger partial charge in [-0.1, -0.05) is 42.5 Å². The molecule has 1 amide bonds. The van der Waals surface area contributed by atoms with Gasteiger partial charge in [0.1, 0.15) is 0 Å². The number of amides is 1. The molecule has 6 nitrogen and oxygen atoms in total. The molecule has 134 valence electrons. The third-order valence-electron chi connectivity index (χ3n) is 4.14. The van der Waals surface area contributed by atoms with Crippen LogP contribution in [0.4, 0.5) is 5.69 Å². The Bertz CT molecular complexity index is 791. The molecule has 1 heterocycles. The monoisotopic (exact) mass is 367 g/mol. The molecule has 26 heavy (non-hydrogen) atoms. The normalized spacial score (nSPS) is 15.4. The second-order valence-electron chi connectivity index (χ2n) is 6.07. The number of hydrogen-bond acceptors (Lipinski definition) is 4. The van der Waals surface area contributed by atoms with Crippen LogP contribution in [0.3, 0.4) is 0 Å². The standard InChI is InChI=1S/C19H21N5OS/c20-19(26)22-21-12-15-6-8-17(9-7-15)24-11-10-23(14-18(24)25)13-16-4-2-1-3-5-16/h1-9,12H,10-11,13-14H2,(H3,20,22,26). The Morgan fingerprint density at radius 3 is 2.54 bits per heavy atom. The second kappa shape index (κ2) is 8.55. The lowest BCUT2D eigenvalue weighted by Crippen LogP contribution is -2.50. The molecule has 1 fully saturated rings. The van der Waals surface area contributed by atoms with E-state index >= 15 is 0 Å². The van der Waals surface area contributed by atoms with Crippen molar-refractivity contribution in [2.45, 2.75) is 6.54 Å². The van der Waals surface area contributed by atoms with Crippen LogP contribution in [0.25, 0.3) is 0 Å². The van der Waals surface area contributed by atoms with Gasteiger partial charge in [0.05, 0.1) is 12.8 Å². The van der Waals surface area contributed by atoms with E-state index in [0.29, 0.717) is 13.1 Å². The minimum Gasteiger partial charge on any atom is -0.375 e. The van der Waals surface area contributed by atoms with E-state index in [2.05, 4.69) is 39.8 Å². The largest absolute Gasteiger partial charge is 0.375 e. The molecule has 1 aliphatic rings. The summed E-state index contributed by atoms with van der Waals surface area (Å²) in [6.45, 7) is 2.76. The molecule has 1 aliphatic heterocycles. The minimum absolute atomic E-state index is 0.115. The highest BCUT2D eigenvalue weighted by atomic mass is 32.1. The van der Waals surface area contributed by atoms with Crippen LogP contribution < -0.4 is 16.1 Å². The Balaban J connectivity index is 1.58. The Morgan fingerprint density at radius 2 is 1.88 bits per heavy atom. The Kier molecular flexibility index (Phi) is 5.93. The molecule has 3 N–H and O–H groups in total. The summed E-state index contributed by atoms with van der Waals surface area (Å²) in [7, 11) is 0. The van der Waals surface area contributed by atoms with Crippen molar-refractivity contribution in [1.29, 1.82) is 0 Å². The second-order valence-corrected chi connectivity index (χ2v) is 6.51.